The van der Waals surface area contributed by atoms with Crippen LogP contribution in [-0.4, -0.2) is 22.4 Å². The molecule has 4 rings (SSSR count). The first kappa shape index (κ1) is 13.8. The summed E-state index contributed by atoms with van der Waals surface area (Å²) in [5.41, 5.74) is 1.02. The maximum Gasteiger partial charge on any atom is 0.244 e. The highest BCUT2D eigenvalue weighted by Crippen LogP contribution is 2.45. The number of hydrogen-bond acceptors (Lipinski definition) is 3. The van der Waals surface area contributed by atoms with Gasteiger partial charge in [0.05, 0.1) is 5.54 Å². The van der Waals surface area contributed by atoms with Gasteiger partial charge in [0.1, 0.15) is 6.17 Å². The average molecular weight is 304 g/mol. The molecule has 1 saturated heterocycles. The van der Waals surface area contributed by atoms with Crippen molar-refractivity contribution in [2.45, 2.75) is 69.6 Å². The Kier molecular flexibility index (Phi) is 3.34. The molecule has 114 valence electrons. The number of nitrogens with zero attached hydrogens (tertiary/aromatic N) is 1. The van der Waals surface area contributed by atoms with Gasteiger partial charge in [-0.15, -0.1) is 0 Å². The minimum absolute atomic E-state index is 0.104. The minimum atomic E-state index is -0.255. The molecule has 3 nitrogen and oxygen atoms in total. The van der Waals surface area contributed by atoms with Crippen LogP contribution in [0.2, 0.25) is 0 Å². The maximum absolute atomic E-state index is 13.2. The van der Waals surface area contributed by atoms with Crippen LogP contribution >= 0.6 is 11.3 Å². The summed E-state index contributed by atoms with van der Waals surface area (Å²) in [5, 5.41) is 8.07. The van der Waals surface area contributed by atoms with E-state index in [1.807, 2.05) is 0 Å². The number of carbonyl (C=O) groups excluding carboxylic acids is 1. The van der Waals surface area contributed by atoms with Crippen LogP contribution in [0.25, 0.3) is 0 Å². The Morgan fingerprint density at radius 2 is 2.10 bits per heavy atom. The summed E-state index contributed by atoms with van der Waals surface area (Å²) < 4.78 is 0. The van der Waals surface area contributed by atoms with Gasteiger partial charge in [0, 0.05) is 6.04 Å². The number of thiophene rings is 1. The molecule has 2 heterocycles. The highest BCUT2D eigenvalue weighted by atomic mass is 32.1. The molecule has 3 fully saturated rings. The summed E-state index contributed by atoms with van der Waals surface area (Å²) in [7, 11) is 0. The predicted octanol–water partition coefficient (Wildman–Crippen LogP) is 3.68. The van der Waals surface area contributed by atoms with Gasteiger partial charge in [-0.1, -0.05) is 26.2 Å². The molecule has 3 aliphatic rings. The maximum atomic E-state index is 13.2. The molecule has 21 heavy (non-hydrogen) atoms. The summed E-state index contributed by atoms with van der Waals surface area (Å²) >= 11 is 1.73. The molecule has 1 spiro atoms. The lowest BCUT2D eigenvalue weighted by atomic mass is 9.96. The van der Waals surface area contributed by atoms with Crippen LogP contribution in [0.15, 0.2) is 16.8 Å². The van der Waals surface area contributed by atoms with Crippen LogP contribution in [0.4, 0.5) is 0 Å². The van der Waals surface area contributed by atoms with Gasteiger partial charge in [-0.2, -0.15) is 11.3 Å². The Hall–Kier alpha value is -0.870. The highest BCUT2D eigenvalue weighted by Gasteiger charge is 2.55. The third-order valence-electron chi connectivity index (χ3n) is 5.82. The van der Waals surface area contributed by atoms with Crippen molar-refractivity contribution >= 4 is 17.2 Å². The Morgan fingerprint density at radius 1 is 1.29 bits per heavy atom. The van der Waals surface area contributed by atoms with E-state index >= 15 is 0 Å². The fourth-order valence-corrected chi connectivity index (χ4v) is 5.33. The molecular weight excluding hydrogens is 280 g/mol. The third kappa shape index (κ3) is 2.07. The smallest absolute Gasteiger partial charge is 0.244 e. The third-order valence-corrected chi connectivity index (χ3v) is 6.53. The first-order chi connectivity index (χ1) is 10.2. The standard InChI is InChI=1S/C17H24N2OS/c1-12-5-4-6-14(12)19-15(13-7-10-21-11-13)18-17(16(19)20)8-2-3-9-17/h7,10-12,14-15,18H,2-6,8-9H2,1H3. The molecule has 4 heteroatoms. The van der Waals surface area contributed by atoms with E-state index in [-0.39, 0.29) is 11.7 Å². The second-order valence-electron chi connectivity index (χ2n) is 7.08. The SMILES string of the molecule is CC1CCCC1N1C(=O)C2(CCCC2)NC1c1ccsc1. The van der Waals surface area contributed by atoms with Crippen molar-refractivity contribution in [3.8, 4) is 0 Å². The quantitative estimate of drug-likeness (QED) is 0.904. The molecule has 0 aromatic carbocycles. The largest absolute Gasteiger partial charge is 0.318 e. The van der Waals surface area contributed by atoms with E-state index in [4.69, 9.17) is 0 Å². The lowest BCUT2D eigenvalue weighted by Crippen LogP contribution is -2.46. The fraction of sp³-hybridized carbons (Fsp3) is 0.706. The predicted molar refractivity (Wildman–Crippen MR) is 85.0 cm³/mol. The van der Waals surface area contributed by atoms with Gasteiger partial charge < -0.3 is 4.90 Å². The zero-order valence-corrected chi connectivity index (χ0v) is 13.5. The van der Waals surface area contributed by atoms with Crippen molar-refractivity contribution in [3.05, 3.63) is 22.4 Å². The molecule has 1 amide bonds. The molecule has 1 N–H and O–H groups in total. The Balaban J connectivity index is 1.71. The van der Waals surface area contributed by atoms with Gasteiger partial charge in [0.2, 0.25) is 5.91 Å². The summed E-state index contributed by atoms with van der Waals surface area (Å²) in [4.78, 5) is 15.5. The molecule has 3 atom stereocenters. The first-order valence-electron chi connectivity index (χ1n) is 8.34. The van der Waals surface area contributed by atoms with Crippen LogP contribution < -0.4 is 5.32 Å². The van der Waals surface area contributed by atoms with Gasteiger partial charge in [-0.05, 0) is 54.0 Å². The van der Waals surface area contributed by atoms with Crippen molar-refractivity contribution in [1.82, 2.24) is 10.2 Å². The zero-order chi connectivity index (χ0) is 14.4. The Bertz CT molecular complexity index is 521. The normalized spacial score (nSPS) is 35.2. The molecule has 0 radical (unpaired) electrons. The van der Waals surface area contributed by atoms with Crippen LogP contribution in [0.3, 0.4) is 0 Å². The van der Waals surface area contributed by atoms with Crippen molar-refractivity contribution in [1.29, 1.82) is 0 Å². The summed E-state index contributed by atoms with van der Waals surface area (Å²) in [6.07, 6.45) is 8.20. The first-order valence-corrected chi connectivity index (χ1v) is 9.28. The van der Waals surface area contributed by atoms with E-state index in [0.29, 0.717) is 17.9 Å². The minimum Gasteiger partial charge on any atom is -0.318 e. The van der Waals surface area contributed by atoms with E-state index in [1.165, 1.54) is 37.7 Å². The monoisotopic (exact) mass is 304 g/mol. The Labute approximate surface area is 130 Å². The number of nitrogens with one attached hydrogen (secondary N) is 1. The summed E-state index contributed by atoms with van der Waals surface area (Å²) in [5.74, 6) is 1.02. The molecule has 1 aromatic rings. The molecule has 0 bridgehead atoms. The van der Waals surface area contributed by atoms with E-state index in [1.54, 1.807) is 11.3 Å². The van der Waals surface area contributed by atoms with Crippen LogP contribution in [-0.2, 0) is 4.79 Å². The van der Waals surface area contributed by atoms with Gasteiger partial charge in [-0.3, -0.25) is 10.1 Å². The average Bonchev–Trinajstić information content (AvgIpc) is 3.22. The number of rotatable bonds is 2. The van der Waals surface area contributed by atoms with E-state index in [9.17, 15) is 4.79 Å². The highest BCUT2D eigenvalue weighted by molar-refractivity contribution is 7.08. The van der Waals surface area contributed by atoms with Crippen LogP contribution in [0.5, 0.6) is 0 Å². The molecule has 1 aromatic heterocycles. The zero-order valence-electron chi connectivity index (χ0n) is 12.7. The van der Waals surface area contributed by atoms with E-state index < -0.39 is 0 Å². The molecule has 2 aliphatic carbocycles. The topological polar surface area (TPSA) is 32.3 Å². The summed E-state index contributed by atoms with van der Waals surface area (Å²) in [6, 6.07) is 2.60. The van der Waals surface area contributed by atoms with E-state index in [2.05, 4.69) is 34.0 Å². The molecule has 1 aliphatic heterocycles. The van der Waals surface area contributed by atoms with Crippen LogP contribution in [0, 0.1) is 5.92 Å². The fourth-order valence-electron chi connectivity index (χ4n) is 4.65. The van der Waals surface area contributed by atoms with E-state index in [0.717, 1.165) is 12.8 Å². The summed E-state index contributed by atoms with van der Waals surface area (Å²) in [6.45, 7) is 2.31. The number of hydrogen-bond donors (Lipinski definition) is 1. The molecular formula is C17H24N2OS. The molecule has 3 unspecified atom stereocenters. The lowest BCUT2D eigenvalue weighted by molar-refractivity contribution is -0.136. The number of carbonyl (C=O) groups is 1. The van der Waals surface area contributed by atoms with Gasteiger partial charge in [0.15, 0.2) is 0 Å². The van der Waals surface area contributed by atoms with Gasteiger partial charge in [-0.25, -0.2) is 0 Å². The van der Waals surface area contributed by atoms with Gasteiger partial charge >= 0.3 is 0 Å². The Morgan fingerprint density at radius 3 is 2.71 bits per heavy atom. The molecule has 2 saturated carbocycles. The van der Waals surface area contributed by atoms with Gasteiger partial charge in [0.25, 0.3) is 0 Å². The van der Waals surface area contributed by atoms with Crippen LogP contribution in [0.1, 0.15) is 63.6 Å². The van der Waals surface area contributed by atoms with Crippen molar-refractivity contribution < 1.29 is 4.79 Å². The lowest BCUT2D eigenvalue weighted by Gasteiger charge is -2.32. The number of amides is 1. The van der Waals surface area contributed by atoms with Crippen molar-refractivity contribution in [2.24, 2.45) is 5.92 Å². The van der Waals surface area contributed by atoms with Crippen molar-refractivity contribution in [2.75, 3.05) is 0 Å². The second kappa shape index (κ2) is 5.10. The van der Waals surface area contributed by atoms with Crippen molar-refractivity contribution in [3.63, 3.8) is 0 Å². The second-order valence-corrected chi connectivity index (χ2v) is 7.86.